The zero-order valence-corrected chi connectivity index (χ0v) is 16.8. The second-order valence-electron chi connectivity index (χ2n) is 5.71. The molecule has 0 heterocycles. The summed E-state index contributed by atoms with van der Waals surface area (Å²) >= 11 is 0. The molecule has 0 saturated heterocycles. The molecular formula is C21H34O6. The molecule has 0 fully saturated rings. The van der Waals surface area contributed by atoms with Crippen molar-refractivity contribution in [1.82, 2.24) is 0 Å². The van der Waals surface area contributed by atoms with Crippen molar-refractivity contribution < 1.29 is 29.3 Å². The molecule has 0 amide bonds. The zero-order valence-electron chi connectivity index (χ0n) is 16.8. The van der Waals surface area contributed by atoms with Crippen molar-refractivity contribution in [3.05, 3.63) is 49.8 Å². The van der Waals surface area contributed by atoms with Crippen LogP contribution in [0.4, 0.5) is 0 Å². The van der Waals surface area contributed by atoms with Gasteiger partial charge in [0.25, 0.3) is 0 Å². The number of unbranched alkanes of at least 4 members (excludes halogenated alkanes) is 1. The predicted octanol–water partition coefficient (Wildman–Crippen LogP) is 5.13. The lowest BCUT2D eigenvalue weighted by Crippen LogP contribution is -2.06. The second kappa shape index (κ2) is 19.7. The lowest BCUT2D eigenvalue weighted by Gasteiger charge is -2.13. The Kier molecular flexibility index (Phi) is 21.3. The average Bonchev–Trinajstić information content (AvgIpc) is 2.59. The Morgan fingerprint density at radius 3 is 1.78 bits per heavy atom. The van der Waals surface area contributed by atoms with Crippen LogP contribution in [0.25, 0.3) is 0 Å². The third-order valence-electron chi connectivity index (χ3n) is 3.32. The van der Waals surface area contributed by atoms with Crippen LogP contribution in [-0.2, 0) is 19.1 Å². The van der Waals surface area contributed by atoms with Gasteiger partial charge in [-0.05, 0) is 18.8 Å². The molecule has 0 saturated carbocycles. The Labute approximate surface area is 162 Å². The van der Waals surface area contributed by atoms with Crippen LogP contribution in [0.3, 0.4) is 0 Å². The topological polar surface area (TPSA) is 101 Å². The van der Waals surface area contributed by atoms with Crippen LogP contribution in [0, 0.1) is 5.92 Å². The number of carboxylic acid groups (broad SMARTS) is 2. The molecule has 0 aliphatic rings. The summed E-state index contributed by atoms with van der Waals surface area (Å²) in [5.74, 6) is -1.63. The van der Waals surface area contributed by atoms with Crippen molar-refractivity contribution in [3.8, 4) is 0 Å². The van der Waals surface area contributed by atoms with E-state index in [-0.39, 0.29) is 11.5 Å². The Bertz CT molecular complexity index is 505. The Balaban J connectivity index is -0.000000351. The number of ether oxygens (including phenoxy) is 1. The number of hydrogen-bond donors (Lipinski definition) is 2. The molecule has 0 radical (unpaired) electrons. The molecule has 0 rings (SSSR count). The number of hydrogen-bond acceptors (Lipinski definition) is 4. The first-order valence-corrected chi connectivity index (χ1v) is 8.78. The Morgan fingerprint density at radius 2 is 1.56 bits per heavy atom. The van der Waals surface area contributed by atoms with Crippen molar-refractivity contribution in [1.29, 1.82) is 0 Å². The van der Waals surface area contributed by atoms with E-state index in [1.165, 1.54) is 25.8 Å². The minimum Gasteiger partial charge on any atom is -0.478 e. The maximum atomic E-state index is 10.5. The molecule has 6 nitrogen and oxygen atoms in total. The molecule has 0 bridgehead atoms. The molecule has 0 aliphatic heterocycles. The van der Waals surface area contributed by atoms with E-state index in [4.69, 9.17) is 10.2 Å². The fraction of sp³-hybridized carbons (Fsp3) is 0.476. The van der Waals surface area contributed by atoms with Gasteiger partial charge in [0.1, 0.15) is 0 Å². The fourth-order valence-corrected chi connectivity index (χ4v) is 1.76. The van der Waals surface area contributed by atoms with E-state index in [9.17, 15) is 14.4 Å². The highest BCUT2D eigenvalue weighted by atomic mass is 16.5. The summed E-state index contributed by atoms with van der Waals surface area (Å²) in [5.41, 5.74) is 0.531. The van der Waals surface area contributed by atoms with Gasteiger partial charge in [0.2, 0.25) is 0 Å². The van der Waals surface area contributed by atoms with E-state index in [2.05, 4.69) is 44.9 Å². The van der Waals surface area contributed by atoms with Crippen LogP contribution in [0.1, 0.15) is 59.3 Å². The number of rotatable bonds is 11. The van der Waals surface area contributed by atoms with E-state index in [0.29, 0.717) is 24.3 Å². The monoisotopic (exact) mass is 382 g/mol. The summed E-state index contributed by atoms with van der Waals surface area (Å²) in [6, 6.07) is 0. The summed E-state index contributed by atoms with van der Waals surface area (Å²) < 4.78 is 4.17. The highest BCUT2D eigenvalue weighted by Gasteiger charge is 2.11. The molecule has 154 valence electrons. The minimum atomic E-state index is -0.954. The first-order chi connectivity index (χ1) is 12.6. The molecule has 0 aliphatic carbocycles. The smallest absolute Gasteiger partial charge is 0.331 e. The largest absolute Gasteiger partial charge is 0.478 e. The van der Waals surface area contributed by atoms with Crippen LogP contribution in [-0.4, -0.2) is 28.1 Å². The Hall–Kier alpha value is -2.63. The molecule has 0 spiro atoms. The average molecular weight is 382 g/mol. The van der Waals surface area contributed by atoms with Gasteiger partial charge < -0.3 is 14.9 Å². The molecule has 1 atom stereocenters. The van der Waals surface area contributed by atoms with Gasteiger partial charge in [0.05, 0.1) is 6.26 Å². The number of aliphatic carboxylic acids is 2. The highest BCUT2D eigenvalue weighted by Crippen LogP contribution is 2.20. The molecule has 27 heavy (non-hydrogen) atoms. The van der Waals surface area contributed by atoms with E-state index in [1.54, 1.807) is 0 Å². The SMILES string of the molecule is C=C(CC(CC)CCCC)C(=O)O.C=CCC(=C)C(=O)O.C=COC(C)=O. The highest BCUT2D eigenvalue weighted by molar-refractivity contribution is 5.86. The van der Waals surface area contributed by atoms with Gasteiger partial charge in [-0.25, -0.2) is 9.59 Å². The zero-order chi connectivity index (χ0) is 21.8. The normalized spacial score (nSPS) is 9.89. The van der Waals surface area contributed by atoms with E-state index >= 15 is 0 Å². The maximum Gasteiger partial charge on any atom is 0.331 e. The third kappa shape index (κ3) is 23.4. The molecular weight excluding hydrogens is 348 g/mol. The van der Waals surface area contributed by atoms with Crippen molar-refractivity contribution >= 4 is 17.9 Å². The molecule has 2 N–H and O–H groups in total. The summed E-state index contributed by atoms with van der Waals surface area (Å²) in [4.78, 5) is 30.2. The van der Waals surface area contributed by atoms with Crippen molar-refractivity contribution in [3.63, 3.8) is 0 Å². The Morgan fingerprint density at radius 1 is 1.04 bits per heavy atom. The molecule has 0 aromatic heterocycles. The molecule has 0 aromatic rings. The number of carbonyl (C=O) groups excluding carboxylic acids is 1. The lowest BCUT2D eigenvalue weighted by molar-refractivity contribution is -0.135. The minimum absolute atomic E-state index is 0.181. The van der Waals surface area contributed by atoms with Gasteiger partial charge in [-0.3, -0.25) is 4.79 Å². The van der Waals surface area contributed by atoms with Gasteiger partial charge in [-0.2, -0.15) is 0 Å². The number of carbonyl (C=O) groups is 3. The van der Waals surface area contributed by atoms with Crippen LogP contribution < -0.4 is 0 Å². The predicted molar refractivity (Wildman–Crippen MR) is 108 cm³/mol. The summed E-state index contributed by atoms with van der Waals surface area (Å²) in [7, 11) is 0. The summed E-state index contributed by atoms with van der Waals surface area (Å²) in [6.45, 7) is 18.9. The second-order valence-corrected chi connectivity index (χ2v) is 5.71. The first kappa shape index (κ1) is 29.1. The van der Waals surface area contributed by atoms with Crippen LogP contribution in [0.15, 0.2) is 49.8 Å². The fourth-order valence-electron chi connectivity index (χ4n) is 1.76. The molecule has 0 aromatic carbocycles. The number of esters is 1. The van der Waals surface area contributed by atoms with Crippen molar-refractivity contribution in [2.75, 3.05) is 0 Å². The number of carboxylic acids is 2. The van der Waals surface area contributed by atoms with Crippen molar-refractivity contribution in [2.45, 2.75) is 59.3 Å². The van der Waals surface area contributed by atoms with Crippen LogP contribution in [0.5, 0.6) is 0 Å². The van der Waals surface area contributed by atoms with E-state index in [1.807, 2.05) is 0 Å². The van der Waals surface area contributed by atoms with Gasteiger partial charge in [-0.1, -0.05) is 65.3 Å². The quantitative estimate of drug-likeness (QED) is 0.222. The maximum absolute atomic E-state index is 10.5. The van der Waals surface area contributed by atoms with E-state index < -0.39 is 11.9 Å². The van der Waals surface area contributed by atoms with Gasteiger partial charge in [0.15, 0.2) is 0 Å². The summed E-state index contributed by atoms with van der Waals surface area (Å²) in [6.07, 6.45) is 8.15. The third-order valence-corrected chi connectivity index (χ3v) is 3.32. The molecule has 6 heteroatoms. The van der Waals surface area contributed by atoms with Crippen molar-refractivity contribution in [2.24, 2.45) is 5.92 Å². The molecule has 1 unspecified atom stereocenters. The lowest BCUT2D eigenvalue weighted by atomic mass is 9.92. The summed E-state index contributed by atoms with van der Waals surface area (Å²) in [5, 5.41) is 16.8. The van der Waals surface area contributed by atoms with E-state index in [0.717, 1.165) is 19.1 Å². The van der Waals surface area contributed by atoms with Crippen LogP contribution >= 0.6 is 0 Å². The first-order valence-electron chi connectivity index (χ1n) is 8.78. The number of allylic oxidation sites excluding steroid dienone is 1. The van der Waals surface area contributed by atoms with Gasteiger partial charge in [0, 0.05) is 18.1 Å². The van der Waals surface area contributed by atoms with Gasteiger partial charge >= 0.3 is 17.9 Å². The standard InChI is InChI=1S/C11H20O2.C6H8O2.C4H6O2/c1-4-6-7-10(5-2)8-9(3)11(12)13;1-3-4-5(2)6(7)8;1-3-6-4(2)5/h10H,3-8H2,1-2H3,(H,12,13);3H,1-2,4H2,(H,7,8);3H,1H2,2H3. The van der Waals surface area contributed by atoms with Gasteiger partial charge in [-0.15, -0.1) is 6.58 Å². The van der Waals surface area contributed by atoms with Crippen LogP contribution in [0.2, 0.25) is 0 Å².